The lowest BCUT2D eigenvalue weighted by Gasteiger charge is -2.22. The predicted molar refractivity (Wildman–Crippen MR) is 92.0 cm³/mol. The number of rotatable bonds is 7. The third-order valence-electron chi connectivity index (χ3n) is 4.45. The molecule has 124 valence electrons. The lowest BCUT2D eigenvalue weighted by molar-refractivity contribution is -0.122. The van der Waals surface area contributed by atoms with Crippen LogP contribution >= 0.6 is 0 Å². The standard InChI is InChI=1S/C19H27N3O/c1-3-11-22(12-10-20)14-19(23)21-15(2)17-9-8-16-6-4-5-7-18(16)13-17/h8-9,13,15H,3-7,11-12,14H2,1-2H3,(H,21,23). The highest BCUT2D eigenvalue weighted by Gasteiger charge is 2.15. The Hall–Kier alpha value is -1.86. The van der Waals surface area contributed by atoms with E-state index < -0.39 is 0 Å². The molecule has 23 heavy (non-hydrogen) atoms. The molecule has 1 atom stereocenters. The number of fused-ring (bicyclic) bond motifs is 1. The number of nitriles is 1. The van der Waals surface area contributed by atoms with E-state index in [1.165, 1.54) is 36.0 Å². The zero-order valence-corrected chi connectivity index (χ0v) is 14.3. The van der Waals surface area contributed by atoms with Crippen LogP contribution in [0.25, 0.3) is 0 Å². The normalized spacial score (nSPS) is 14.9. The van der Waals surface area contributed by atoms with Crippen LogP contribution in [0.2, 0.25) is 0 Å². The van der Waals surface area contributed by atoms with E-state index in [1.54, 1.807) is 0 Å². The van der Waals surface area contributed by atoms with Gasteiger partial charge in [-0.1, -0.05) is 25.1 Å². The summed E-state index contributed by atoms with van der Waals surface area (Å²) in [5.74, 6) is -0.0149. The number of benzene rings is 1. The summed E-state index contributed by atoms with van der Waals surface area (Å²) < 4.78 is 0. The molecule has 1 aromatic rings. The van der Waals surface area contributed by atoms with E-state index in [-0.39, 0.29) is 18.5 Å². The van der Waals surface area contributed by atoms with Gasteiger partial charge in [-0.3, -0.25) is 9.69 Å². The summed E-state index contributed by atoms with van der Waals surface area (Å²) in [5, 5.41) is 11.9. The van der Waals surface area contributed by atoms with Crippen molar-refractivity contribution in [3.8, 4) is 6.07 Å². The van der Waals surface area contributed by atoms with Gasteiger partial charge in [-0.25, -0.2) is 0 Å². The van der Waals surface area contributed by atoms with Crippen LogP contribution in [-0.4, -0.2) is 30.4 Å². The number of carbonyl (C=O) groups excluding carboxylic acids is 1. The van der Waals surface area contributed by atoms with E-state index in [1.807, 2.05) is 11.8 Å². The van der Waals surface area contributed by atoms with Crippen molar-refractivity contribution in [3.05, 3.63) is 34.9 Å². The number of aryl methyl sites for hydroxylation is 2. The van der Waals surface area contributed by atoms with Gasteiger partial charge in [-0.05, 0) is 62.3 Å². The summed E-state index contributed by atoms with van der Waals surface area (Å²) in [6.07, 6.45) is 5.81. The monoisotopic (exact) mass is 313 g/mol. The average molecular weight is 313 g/mol. The molecule has 1 N–H and O–H groups in total. The molecule has 1 aliphatic carbocycles. The molecule has 0 bridgehead atoms. The van der Waals surface area contributed by atoms with Gasteiger partial charge in [0.05, 0.1) is 25.2 Å². The molecule has 1 amide bonds. The number of hydrogen-bond donors (Lipinski definition) is 1. The first-order valence-corrected chi connectivity index (χ1v) is 8.64. The molecule has 4 nitrogen and oxygen atoms in total. The topological polar surface area (TPSA) is 56.1 Å². The van der Waals surface area contributed by atoms with E-state index in [4.69, 9.17) is 5.26 Å². The summed E-state index contributed by atoms with van der Waals surface area (Å²) in [7, 11) is 0. The van der Waals surface area contributed by atoms with Crippen LogP contribution < -0.4 is 5.32 Å². The number of nitrogens with zero attached hydrogens (tertiary/aromatic N) is 2. The first-order chi connectivity index (χ1) is 11.1. The van der Waals surface area contributed by atoms with Crippen LogP contribution in [0.4, 0.5) is 0 Å². The molecule has 0 saturated heterocycles. The van der Waals surface area contributed by atoms with Gasteiger partial charge in [0.2, 0.25) is 5.91 Å². The Morgan fingerprint density at radius 1 is 1.35 bits per heavy atom. The fourth-order valence-electron chi connectivity index (χ4n) is 3.23. The second kappa shape index (κ2) is 8.69. The molecule has 1 aromatic carbocycles. The third kappa shape index (κ3) is 5.07. The Bertz CT molecular complexity index is 576. The van der Waals surface area contributed by atoms with E-state index in [9.17, 15) is 4.79 Å². The molecule has 0 spiro atoms. The van der Waals surface area contributed by atoms with Gasteiger partial charge < -0.3 is 5.32 Å². The van der Waals surface area contributed by atoms with Crippen LogP contribution in [0.15, 0.2) is 18.2 Å². The summed E-state index contributed by atoms with van der Waals surface area (Å²) >= 11 is 0. The highest BCUT2D eigenvalue weighted by atomic mass is 16.2. The Balaban J connectivity index is 1.94. The van der Waals surface area contributed by atoms with Crippen molar-refractivity contribution >= 4 is 5.91 Å². The minimum atomic E-state index is -0.0149. The molecule has 0 aromatic heterocycles. The molecule has 0 aliphatic heterocycles. The highest BCUT2D eigenvalue weighted by Crippen LogP contribution is 2.24. The Morgan fingerprint density at radius 2 is 2.09 bits per heavy atom. The maximum absolute atomic E-state index is 12.2. The zero-order chi connectivity index (χ0) is 16.7. The van der Waals surface area contributed by atoms with Crippen molar-refractivity contribution in [2.75, 3.05) is 19.6 Å². The van der Waals surface area contributed by atoms with E-state index in [0.29, 0.717) is 6.54 Å². The van der Waals surface area contributed by atoms with Crippen molar-refractivity contribution in [2.24, 2.45) is 0 Å². The van der Waals surface area contributed by atoms with Crippen molar-refractivity contribution in [1.82, 2.24) is 10.2 Å². The SMILES string of the molecule is CCCN(CC#N)CC(=O)NC(C)c1ccc2c(c1)CCCC2. The molecule has 1 aliphatic rings. The van der Waals surface area contributed by atoms with Crippen LogP contribution in [0.5, 0.6) is 0 Å². The van der Waals surface area contributed by atoms with Crippen LogP contribution in [0.1, 0.15) is 55.8 Å². The van der Waals surface area contributed by atoms with Crippen molar-refractivity contribution in [2.45, 2.75) is 52.0 Å². The first-order valence-electron chi connectivity index (χ1n) is 8.64. The third-order valence-corrected chi connectivity index (χ3v) is 4.45. The fraction of sp³-hybridized carbons (Fsp3) is 0.579. The zero-order valence-electron chi connectivity index (χ0n) is 14.3. The second-order valence-electron chi connectivity index (χ2n) is 6.39. The maximum Gasteiger partial charge on any atom is 0.234 e. The van der Waals surface area contributed by atoms with E-state index in [2.05, 4.69) is 36.5 Å². The maximum atomic E-state index is 12.2. The molecule has 0 fully saturated rings. The van der Waals surface area contributed by atoms with Gasteiger partial charge >= 0.3 is 0 Å². The summed E-state index contributed by atoms with van der Waals surface area (Å²) in [6, 6.07) is 8.72. The van der Waals surface area contributed by atoms with Crippen LogP contribution in [-0.2, 0) is 17.6 Å². The van der Waals surface area contributed by atoms with Crippen molar-refractivity contribution in [3.63, 3.8) is 0 Å². The number of amides is 1. The predicted octanol–water partition coefficient (Wildman–Crippen LogP) is 2.98. The lowest BCUT2D eigenvalue weighted by atomic mass is 9.89. The number of hydrogen-bond acceptors (Lipinski definition) is 3. The van der Waals surface area contributed by atoms with Gasteiger partial charge in [0.15, 0.2) is 0 Å². The Morgan fingerprint density at radius 3 is 2.78 bits per heavy atom. The molecule has 4 heteroatoms. The quantitative estimate of drug-likeness (QED) is 0.787. The minimum absolute atomic E-state index is 0.000267. The van der Waals surface area contributed by atoms with E-state index >= 15 is 0 Å². The van der Waals surface area contributed by atoms with Gasteiger partial charge in [0.1, 0.15) is 0 Å². The highest BCUT2D eigenvalue weighted by molar-refractivity contribution is 5.78. The van der Waals surface area contributed by atoms with Gasteiger partial charge in [-0.2, -0.15) is 5.26 Å². The smallest absolute Gasteiger partial charge is 0.234 e. The number of nitrogens with one attached hydrogen (secondary N) is 1. The van der Waals surface area contributed by atoms with Crippen molar-refractivity contribution < 1.29 is 4.79 Å². The Kier molecular flexibility index (Phi) is 6.61. The van der Waals surface area contributed by atoms with Gasteiger partial charge in [0, 0.05) is 0 Å². The average Bonchev–Trinajstić information content (AvgIpc) is 2.54. The molecule has 2 rings (SSSR count). The lowest BCUT2D eigenvalue weighted by Crippen LogP contribution is -2.38. The first kappa shape index (κ1) is 17.5. The summed E-state index contributed by atoms with van der Waals surface area (Å²) in [5.41, 5.74) is 4.06. The fourth-order valence-corrected chi connectivity index (χ4v) is 3.23. The molecular formula is C19H27N3O. The molecule has 0 radical (unpaired) electrons. The minimum Gasteiger partial charge on any atom is -0.348 e. The van der Waals surface area contributed by atoms with Crippen LogP contribution in [0, 0.1) is 11.3 Å². The molecule has 0 heterocycles. The Labute approximate surface area is 139 Å². The summed E-state index contributed by atoms with van der Waals surface area (Å²) in [6.45, 7) is 5.44. The van der Waals surface area contributed by atoms with Crippen LogP contribution in [0.3, 0.4) is 0 Å². The second-order valence-corrected chi connectivity index (χ2v) is 6.39. The largest absolute Gasteiger partial charge is 0.348 e. The van der Waals surface area contributed by atoms with Gasteiger partial charge in [0.25, 0.3) is 0 Å². The summed E-state index contributed by atoms with van der Waals surface area (Å²) in [4.78, 5) is 14.1. The number of carbonyl (C=O) groups is 1. The van der Waals surface area contributed by atoms with E-state index in [0.717, 1.165) is 19.4 Å². The van der Waals surface area contributed by atoms with Gasteiger partial charge in [-0.15, -0.1) is 0 Å². The van der Waals surface area contributed by atoms with Crippen molar-refractivity contribution in [1.29, 1.82) is 5.26 Å². The molecular weight excluding hydrogens is 286 g/mol. The molecule has 1 unspecified atom stereocenters. The molecule has 0 saturated carbocycles.